The summed E-state index contributed by atoms with van der Waals surface area (Å²) in [7, 11) is 1.71. The van der Waals surface area contributed by atoms with Crippen molar-refractivity contribution in [1.82, 2.24) is 9.80 Å². The van der Waals surface area contributed by atoms with Crippen molar-refractivity contribution >= 4 is 0 Å². The number of aliphatic hydroxyl groups excluding tert-OH is 1. The molecule has 1 aliphatic rings. The van der Waals surface area contributed by atoms with Crippen molar-refractivity contribution in [2.24, 2.45) is 0 Å². The Kier molecular flexibility index (Phi) is 8.56. The van der Waals surface area contributed by atoms with E-state index >= 15 is 0 Å². The number of ether oxygens (including phenoxy) is 2. The largest absolute Gasteiger partial charge is 0.395 e. The van der Waals surface area contributed by atoms with Gasteiger partial charge in [0.1, 0.15) is 0 Å². The van der Waals surface area contributed by atoms with Crippen molar-refractivity contribution in [3.8, 4) is 0 Å². The third-order valence-electron chi connectivity index (χ3n) is 3.07. The molecular weight excluding hydrogens is 220 g/mol. The molecule has 0 aromatic heterocycles. The summed E-state index contributed by atoms with van der Waals surface area (Å²) >= 11 is 0. The van der Waals surface area contributed by atoms with Gasteiger partial charge in [0.15, 0.2) is 0 Å². The van der Waals surface area contributed by atoms with Gasteiger partial charge in [0.25, 0.3) is 0 Å². The Morgan fingerprint density at radius 2 is 1.59 bits per heavy atom. The molecule has 1 aliphatic heterocycles. The van der Waals surface area contributed by atoms with Crippen LogP contribution in [-0.2, 0) is 9.47 Å². The van der Waals surface area contributed by atoms with E-state index in [1.54, 1.807) is 7.11 Å². The van der Waals surface area contributed by atoms with E-state index in [9.17, 15) is 0 Å². The molecule has 1 fully saturated rings. The van der Waals surface area contributed by atoms with Crippen LogP contribution in [0.1, 0.15) is 6.42 Å². The lowest BCUT2D eigenvalue weighted by Crippen LogP contribution is -2.47. The van der Waals surface area contributed by atoms with E-state index in [4.69, 9.17) is 14.6 Å². The van der Waals surface area contributed by atoms with Crippen molar-refractivity contribution in [1.29, 1.82) is 0 Å². The highest BCUT2D eigenvalue weighted by Crippen LogP contribution is 2.00. The maximum Gasteiger partial charge on any atom is 0.0593 e. The van der Waals surface area contributed by atoms with E-state index in [1.165, 1.54) is 0 Å². The third kappa shape index (κ3) is 6.95. The van der Waals surface area contributed by atoms with Crippen molar-refractivity contribution in [3.05, 3.63) is 0 Å². The second-order valence-electron chi connectivity index (χ2n) is 4.37. The molecule has 0 unspecified atom stereocenters. The van der Waals surface area contributed by atoms with E-state index in [0.717, 1.165) is 65.5 Å². The summed E-state index contributed by atoms with van der Waals surface area (Å²) in [6, 6.07) is 0. The number of nitrogens with zero attached hydrogens (tertiary/aromatic N) is 2. The number of piperazine rings is 1. The highest BCUT2D eigenvalue weighted by Gasteiger charge is 2.15. The summed E-state index contributed by atoms with van der Waals surface area (Å²) in [4.78, 5) is 4.72. The zero-order valence-electron chi connectivity index (χ0n) is 10.9. The molecule has 5 heteroatoms. The van der Waals surface area contributed by atoms with E-state index in [1.807, 2.05) is 0 Å². The van der Waals surface area contributed by atoms with Gasteiger partial charge in [-0.25, -0.2) is 0 Å². The molecule has 0 amide bonds. The van der Waals surface area contributed by atoms with Crippen LogP contribution in [0.15, 0.2) is 0 Å². The quantitative estimate of drug-likeness (QED) is 0.563. The Bertz CT molecular complexity index is 173. The van der Waals surface area contributed by atoms with Gasteiger partial charge in [-0.1, -0.05) is 0 Å². The lowest BCUT2D eigenvalue weighted by molar-refractivity contribution is 0.0613. The normalized spacial score (nSPS) is 18.7. The van der Waals surface area contributed by atoms with Crippen molar-refractivity contribution in [3.63, 3.8) is 0 Å². The highest BCUT2D eigenvalue weighted by atomic mass is 16.5. The monoisotopic (exact) mass is 246 g/mol. The molecule has 1 rings (SSSR count). The fourth-order valence-corrected chi connectivity index (χ4v) is 1.98. The number of methoxy groups -OCH3 is 1. The molecule has 0 saturated carbocycles. The first-order valence-electron chi connectivity index (χ1n) is 6.49. The topological polar surface area (TPSA) is 45.2 Å². The predicted molar refractivity (Wildman–Crippen MR) is 67.3 cm³/mol. The van der Waals surface area contributed by atoms with Crippen molar-refractivity contribution in [2.45, 2.75) is 6.42 Å². The summed E-state index contributed by atoms with van der Waals surface area (Å²) in [5.41, 5.74) is 0. The average molecular weight is 246 g/mol. The first-order valence-corrected chi connectivity index (χ1v) is 6.49. The molecule has 0 radical (unpaired) electrons. The summed E-state index contributed by atoms with van der Waals surface area (Å²) in [5, 5.41) is 8.84. The molecule has 0 spiro atoms. The first-order chi connectivity index (χ1) is 8.36. The molecule has 5 nitrogen and oxygen atoms in total. The predicted octanol–water partition coefficient (Wildman–Crippen LogP) is -0.351. The summed E-state index contributed by atoms with van der Waals surface area (Å²) in [6.07, 6.45) is 0.973. The van der Waals surface area contributed by atoms with Gasteiger partial charge in [0, 0.05) is 59.6 Å². The minimum atomic E-state index is 0.266. The third-order valence-corrected chi connectivity index (χ3v) is 3.07. The van der Waals surface area contributed by atoms with Gasteiger partial charge in [-0.05, 0) is 6.42 Å². The SMILES string of the molecule is COCCCOCCN1CCN(CCO)CC1. The molecule has 1 N–H and O–H groups in total. The van der Waals surface area contributed by atoms with Crippen molar-refractivity contribution in [2.75, 3.05) is 72.8 Å². The summed E-state index contributed by atoms with van der Waals surface area (Å²) < 4.78 is 10.5. The Hall–Kier alpha value is -0.200. The fourth-order valence-electron chi connectivity index (χ4n) is 1.98. The maximum atomic E-state index is 8.84. The van der Waals surface area contributed by atoms with Crippen LogP contribution in [0.2, 0.25) is 0 Å². The summed E-state index contributed by atoms with van der Waals surface area (Å²) in [5.74, 6) is 0. The van der Waals surface area contributed by atoms with Crippen LogP contribution in [0.5, 0.6) is 0 Å². The molecule has 1 saturated heterocycles. The van der Waals surface area contributed by atoms with Crippen LogP contribution < -0.4 is 0 Å². The Labute approximate surface area is 104 Å². The van der Waals surface area contributed by atoms with Crippen LogP contribution in [0.4, 0.5) is 0 Å². The second-order valence-corrected chi connectivity index (χ2v) is 4.37. The molecule has 17 heavy (non-hydrogen) atoms. The summed E-state index contributed by atoms with van der Waals surface area (Å²) in [6.45, 7) is 8.75. The Balaban J connectivity index is 1.91. The van der Waals surface area contributed by atoms with E-state index in [2.05, 4.69) is 9.80 Å². The van der Waals surface area contributed by atoms with Gasteiger partial charge in [-0.15, -0.1) is 0 Å². The molecule has 0 atom stereocenters. The number of hydrogen-bond acceptors (Lipinski definition) is 5. The molecular formula is C12H26N2O3. The van der Waals surface area contributed by atoms with Crippen LogP contribution in [-0.4, -0.2) is 87.7 Å². The van der Waals surface area contributed by atoms with Crippen LogP contribution >= 0.6 is 0 Å². The molecule has 0 aromatic rings. The zero-order valence-corrected chi connectivity index (χ0v) is 10.9. The lowest BCUT2D eigenvalue weighted by atomic mass is 10.3. The van der Waals surface area contributed by atoms with Gasteiger partial charge >= 0.3 is 0 Å². The van der Waals surface area contributed by atoms with Gasteiger partial charge < -0.3 is 14.6 Å². The molecule has 0 aromatic carbocycles. The zero-order chi connectivity index (χ0) is 12.3. The second kappa shape index (κ2) is 9.79. The Morgan fingerprint density at radius 1 is 0.941 bits per heavy atom. The minimum Gasteiger partial charge on any atom is -0.395 e. The van der Waals surface area contributed by atoms with Gasteiger partial charge in [0.05, 0.1) is 13.2 Å². The number of hydrogen-bond donors (Lipinski definition) is 1. The van der Waals surface area contributed by atoms with E-state index < -0.39 is 0 Å². The molecule has 0 aliphatic carbocycles. The first kappa shape index (κ1) is 14.9. The maximum absolute atomic E-state index is 8.84. The molecule has 102 valence electrons. The Morgan fingerprint density at radius 3 is 2.18 bits per heavy atom. The van der Waals surface area contributed by atoms with Gasteiger partial charge in [-0.3, -0.25) is 9.80 Å². The molecule has 0 bridgehead atoms. The van der Waals surface area contributed by atoms with E-state index in [-0.39, 0.29) is 6.61 Å². The number of aliphatic hydroxyl groups is 1. The number of rotatable bonds is 9. The van der Waals surface area contributed by atoms with Crippen LogP contribution in [0, 0.1) is 0 Å². The van der Waals surface area contributed by atoms with Gasteiger partial charge in [0.2, 0.25) is 0 Å². The van der Waals surface area contributed by atoms with Crippen LogP contribution in [0.25, 0.3) is 0 Å². The fraction of sp³-hybridized carbons (Fsp3) is 1.00. The minimum absolute atomic E-state index is 0.266. The van der Waals surface area contributed by atoms with Crippen molar-refractivity contribution < 1.29 is 14.6 Å². The average Bonchev–Trinajstić information content (AvgIpc) is 2.36. The van der Waals surface area contributed by atoms with Crippen LogP contribution in [0.3, 0.4) is 0 Å². The molecule has 1 heterocycles. The smallest absolute Gasteiger partial charge is 0.0593 e. The van der Waals surface area contributed by atoms with Gasteiger partial charge in [-0.2, -0.15) is 0 Å². The lowest BCUT2D eigenvalue weighted by Gasteiger charge is -2.34. The number of β-amino-alcohol motifs (C(OH)–C–C–N with tert-alkyl or cyclic N) is 1. The van der Waals surface area contributed by atoms with E-state index in [0.29, 0.717) is 0 Å². The highest BCUT2D eigenvalue weighted by molar-refractivity contribution is 4.71. The standard InChI is InChI=1S/C12H26N2O3/c1-16-10-2-11-17-12-8-14-5-3-13(4-6-14)7-9-15/h15H,2-12H2,1H3.